The standard InChI is InChI=1S/C30H35ClFN3O6S/c1-6-20(2)33-30(37)21(3)34(18-22-7-11-24(32)12-8-22)29(36)19-35(25-13-9-23(31)10-14-25)42(38,39)26-15-16-27(40-4)28(17-26)41-5/h7-17,20-21H,6,18-19H2,1-5H3,(H,33,37)/t20-,21-/m0/s1. The van der Waals surface area contributed by atoms with Gasteiger partial charge in [0, 0.05) is 23.7 Å². The summed E-state index contributed by atoms with van der Waals surface area (Å²) in [5, 5.41) is 3.24. The Kier molecular flexibility index (Phi) is 11.2. The Morgan fingerprint density at radius 2 is 1.57 bits per heavy atom. The van der Waals surface area contributed by atoms with Gasteiger partial charge in [0.25, 0.3) is 10.0 Å². The van der Waals surface area contributed by atoms with Crippen molar-refractivity contribution in [2.75, 3.05) is 25.1 Å². The Balaban J connectivity index is 2.06. The fraction of sp³-hybridized carbons (Fsp3) is 0.333. The van der Waals surface area contributed by atoms with Crippen LogP contribution in [0.1, 0.15) is 32.8 Å². The first-order chi connectivity index (χ1) is 19.9. The van der Waals surface area contributed by atoms with E-state index in [2.05, 4.69) is 5.32 Å². The lowest BCUT2D eigenvalue weighted by molar-refractivity contribution is -0.139. The number of carbonyl (C=O) groups is 2. The number of hydrogen-bond acceptors (Lipinski definition) is 6. The molecule has 226 valence electrons. The third-order valence-corrected chi connectivity index (χ3v) is 8.79. The Morgan fingerprint density at radius 1 is 0.952 bits per heavy atom. The Bertz CT molecular complexity index is 1490. The van der Waals surface area contributed by atoms with E-state index < -0.39 is 40.2 Å². The first-order valence-electron chi connectivity index (χ1n) is 13.3. The fourth-order valence-electron chi connectivity index (χ4n) is 4.07. The summed E-state index contributed by atoms with van der Waals surface area (Å²) in [5.41, 5.74) is 0.745. The maximum atomic E-state index is 14.0. The maximum Gasteiger partial charge on any atom is 0.264 e. The molecule has 0 aliphatic carbocycles. The molecule has 3 rings (SSSR count). The highest BCUT2D eigenvalue weighted by Crippen LogP contribution is 2.32. The number of carbonyl (C=O) groups excluding carboxylic acids is 2. The normalized spacial score (nSPS) is 12.6. The number of nitrogens with zero attached hydrogens (tertiary/aromatic N) is 2. The predicted octanol–water partition coefficient (Wildman–Crippen LogP) is 5.02. The van der Waals surface area contributed by atoms with Gasteiger partial charge in [-0.25, -0.2) is 12.8 Å². The number of amides is 2. The van der Waals surface area contributed by atoms with Crippen molar-refractivity contribution in [3.63, 3.8) is 0 Å². The molecule has 0 aliphatic heterocycles. The highest BCUT2D eigenvalue weighted by atomic mass is 35.5. The zero-order valence-electron chi connectivity index (χ0n) is 24.1. The Labute approximate surface area is 251 Å². The van der Waals surface area contributed by atoms with Crippen LogP contribution in [0.3, 0.4) is 0 Å². The molecule has 0 fully saturated rings. The second kappa shape index (κ2) is 14.4. The van der Waals surface area contributed by atoms with Crippen molar-refractivity contribution in [2.24, 2.45) is 0 Å². The summed E-state index contributed by atoms with van der Waals surface area (Å²) in [4.78, 5) is 28.2. The number of methoxy groups -OCH3 is 2. The van der Waals surface area contributed by atoms with Gasteiger partial charge in [0.05, 0.1) is 24.8 Å². The molecular weight excluding hydrogens is 585 g/mol. The van der Waals surface area contributed by atoms with Crippen molar-refractivity contribution in [3.8, 4) is 11.5 Å². The van der Waals surface area contributed by atoms with Gasteiger partial charge in [-0.1, -0.05) is 30.7 Å². The molecule has 42 heavy (non-hydrogen) atoms. The van der Waals surface area contributed by atoms with E-state index >= 15 is 0 Å². The molecule has 3 aromatic carbocycles. The average molecular weight is 620 g/mol. The minimum absolute atomic E-state index is 0.0565. The Morgan fingerprint density at radius 3 is 2.14 bits per heavy atom. The van der Waals surface area contributed by atoms with Crippen molar-refractivity contribution in [1.82, 2.24) is 10.2 Å². The minimum atomic E-state index is -4.34. The molecule has 0 aromatic heterocycles. The number of ether oxygens (including phenoxy) is 2. The van der Waals surface area contributed by atoms with Gasteiger partial charge in [-0.3, -0.25) is 13.9 Å². The number of sulfonamides is 1. The molecule has 1 N–H and O–H groups in total. The Hall–Kier alpha value is -3.83. The van der Waals surface area contributed by atoms with E-state index in [0.29, 0.717) is 22.8 Å². The number of halogens is 2. The van der Waals surface area contributed by atoms with Crippen LogP contribution >= 0.6 is 11.6 Å². The third kappa shape index (κ3) is 7.92. The average Bonchev–Trinajstić information content (AvgIpc) is 2.98. The van der Waals surface area contributed by atoms with Gasteiger partial charge in [0.2, 0.25) is 11.8 Å². The quantitative estimate of drug-likeness (QED) is 0.288. The number of hydrogen-bond donors (Lipinski definition) is 1. The van der Waals surface area contributed by atoms with Gasteiger partial charge in [0.15, 0.2) is 11.5 Å². The van der Waals surface area contributed by atoms with Crippen LogP contribution in [0.5, 0.6) is 11.5 Å². The zero-order valence-corrected chi connectivity index (χ0v) is 25.7. The lowest BCUT2D eigenvalue weighted by atomic mass is 10.1. The lowest BCUT2D eigenvalue weighted by Crippen LogP contribution is -2.52. The maximum absolute atomic E-state index is 14.0. The summed E-state index contributed by atoms with van der Waals surface area (Å²) in [5.74, 6) is -0.980. The van der Waals surface area contributed by atoms with Crippen molar-refractivity contribution in [3.05, 3.63) is 83.1 Å². The van der Waals surface area contributed by atoms with Crippen LogP contribution in [0, 0.1) is 5.82 Å². The van der Waals surface area contributed by atoms with Gasteiger partial charge < -0.3 is 19.7 Å². The SMILES string of the molecule is CC[C@H](C)NC(=O)[C@H](C)N(Cc1ccc(F)cc1)C(=O)CN(c1ccc(Cl)cc1)S(=O)(=O)c1ccc(OC)c(OC)c1. The van der Waals surface area contributed by atoms with Gasteiger partial charge >= 0.3 is 0 Å². The van der Waals surface area contributed by atoms with E-state index in [0.717, 1.165) is 4.31 Å². The van der Waals surface area contributed by atoms with Crippen molar-refractivity contribution < 1.29 is 31.9 Å². The van der Waals surface area contributed by atoms with Crippen LogP contribution in [0.25, 0.3) is 0 Å². The highest BCUT2D eigenvalue weighted by Gasteiger charge is 2.33. The largest absolute Gasteiger partial charge is 0.493 e. The zero-order chi connectivity index (χ0) is 31.0. The molecule has 0 aliphatic rings. The summed E-state index contributed by atoms with van der Waals surface area (Å²) in [6.45, 7) is 4.63. The second-order valence-electron chi connectivity index (χ2n) is 9.65. The van der Waals surface area contributed by atoms with E-state index in [1.807, 2.05) is 13.8 Å². The van der Waals surface area contributed by atoms with E-state index in [1.165, 1.54) is 85.8 Å². The summed E-state index contributed by atoms with van der Waals surface area (Å²) in [6.07, 6.45) is 0.679. The second-order valence-corrected chi connectivity index (χ2v) is 11.9. The molecule has 2 atom stereocenters. The first kappa shape index (κ1) is 32.7. The van der Waals surface area contributed by atoms with Crippen LogP contribution in [-0.2, 0) is 26.2 Å². The van der Waals surface area contributed by atoms with Gasteiger partial charge in [-0.2, -0.15) is 0 Å². The first-order valence-corrected chi connectivity index (χ1v) is 15.1. The highest BCUT2D eigenvalue weighted by molar-refractivity contribution is 7.92. The number of nitrogens with one attached hydrogen (secondary N) is 1. The molecule has 9 nitrogen and oxygen atoms in total. The number of rotatable bonds is 13. The van der Waals surface area contributed by atoms with Crippen LogP contribution in [0.4, 0.5) is 10.1 Å². The smallest absolute Gasteiger partial charge is 0.264 e. The lowest BCUT2D eigenvalue weighted by Gasteiger charge is -2.32. The van der Waals surface area contributed by atoms with Crippen molar-refractivity contribution in [2.45, 2.75) is 50.7 Å². The molecule has 12 heteroatoms. The van der Waals surface area contributed by atoms with Crippen LogP contribution in [-0.4, -0.2) is 58.0 Å². The molecule has 0 unspecified atom stereocenters. The van der Waals surface area contributed by atoms with E-state index in [1.54, 1.807) is 6.92 Å². The number of benzene rings is 3. The summed E-state index contributed by atoms with van der Waals surface area (Å²) >= 11 is 6.06. The summed E-state index contributed by atoms with van der Waals surface area (Å²) in [7, 11) is -1.53. The molecule has 0 heterocycles. The molecule has 0 saturated heterocycles. The summed E-state index contributed by atoms with van der Waals surface area (Å²) in [6, 6.07) is 14.5. The third-order valence-electron chi connectivity index (χ3n) is 6.77. The van der Waals surface area contributed by atoms with Gasteiger partial charge in [0.1, 0.15) is 18.4 Å². The monoisotopic (exact) mass is 619 g/mol. The van der Waals surface area contributed by atoms with Crippen LogP contribution < -0.4 is 19.1 Å². The van der Waals surface area contributed by atoms with Gasteiger partial charge in [-0.05, 0) is 74.4 Å². The molecular formula is C30H35ClFN3O6S. The van der Waals surface area contributed by atoms with Crippen LogP contribution in [0.15, 0.2) is 71.6 Å². The summed E-state index contributed by atoms with van der Waals surface area (Å²) < 4.78 is 53.1. The van der Waals surface area contributed by atoms with Crippen molar-refractivity contribution >= 4 is 39.1 Å². The predicted molar refractivity (Wildman–Crippen MR) is 160 cm³/mol. The number of anilines is 1. The van der Waals surface area contributed by atoms with Crippen molar-refractivity contribution in [1.29, 1.82) is 0 Å². The molecule has 0 saturated carbocycles. The minimum Gasteiger partial charge on any atom is -0.493 e. The molecule has 0 spiro atoms. The van der Waals surface area contributed by atoms with Crippen LogP contribution in [0.2, 0.25) is 5.02 Å². The van der Waals surface area contributed by atoms with Gasteiger partial charge in [-0.15, -0.1) is 0 Å². The fourth-order valence-corrected chi connectivity index (χ4v) is 5.63. The topological polar surface area (TPSA) is 105 Å². The van der Waals surface area contributed by atoms with E-state index in [9.17, 15) is 22.4 Å². The van der Waals surface area contributed by atoms with E-state index in [-0.39, 0.29) is 28.9 Å². The molecule has 0 bridgehead atoms. The molecule has 3 aromatic rings. The molecule has 2 amide bonds. The van der Waals surface area contributed by atoms with E-state index in [4.69, 9.17) is 21.1 Å². The molecule has 0 radical (unpaired) electrons.